The molecule has 0 unspecified atom stereocenters. The zero-order chi connectivity index (χ0) is 9.84. The van der Waals surface area contributed by atoms with E-state index in [2.05, 4.69) is 6.58 Å². The van der Waals surface area contributed by atoms with Crippen LogP contribution in [0.25, 0.3) is 0 Å². The van der Waals surface area contributed by atoms with Crippen molar-refractivity contribution in [2.24, 2.45) is 0 Å². The second kappa shape index (κ2) is 4.53. The van der Waals surface area contributed by atoms with Gasteiger partial charge in [0.2, 0.25) is 11.8 Å². The summed E-state index contributed by atoms with van der Waals surface area (Å²) < 4.78 is 0.340. The fraction of sp³-hybridized carbons (Fsp3) is 0.375. The lowest BCUT2D eigenvalue weighted by atomic mass is 10.4. The van der Waals surface area contributed by atoms with E-state index < -0.39 is 0 Å². The van der Waals surface area contributed by atoms with Crippen LogP contribution >= 0.6 is 24.0 Å². The third kappa shape index (κ3) is 2.38. The van der Waals surface area contributed by atoms with Gasteiger partial charge in [0.15, 0.2) is 0 Å². The molecule has 0 atom stereocenters. The van der Waals surface area contributed by atoms with Crippen molar-refractivity contribution in [3.63, 3.8) is 0 Å². The van der Waals surface area contributed by atoms with E-state index in [1.54, 1.807) is 6.08 Å². The summed E-state index contributed by atoms with van der Waals surface area (Å²) in [6, 6.07) is 0. The maximum absolute atomic E-state index is 11.2. The first-order valence-electron chi connectivity index (χ1n) is 3.80. The standard InChI is InChI=1S/C8H9NO2S2/c1-2-5-13-8(12)9-6(10)3-4-7(9)11/h2H,1,3-5H2. The Bertz CT molecular complexity index is 259. The highest BCUT2D eigenvalue weighted by atomic mass is 32.2. The van der Waals surface area contributed by atoms with Crippen LogP contribution in [0.4, 0.5) is 0 Å². The van der Waals surface area contributed by atoms with Gasteiger partial charge in [0.1, 0.15) is 4.32 Å². The van der Waals surface area contributed by atoms with Crippen LogP contribution in [0.1, 0.15) is 12.8 Å². The number of hydrogen-bond donors (Lipinski definition) is 0. The van der Waals surface area contributed by atoms with Crippen LogP contribution in [0.5, 0.6) is 0 Å². The van der Waals surface area contributed by atoms with Crippen molar-refractivity contribution in [3.05, 3.63) is 12.7 Å². The van der Waals surface area contributed by atoms with E-state index in [4.69, 9.17) is 12.2 Å². The average Bonchev–Trinajstić information content (AvgIpc) is 2.42. The molecule has 0 radical (unpaired) electrons. The SMILES string of the molecule is C=CCSC(=S)N1C(=O)CCC1=O. The lowest BCUT2D eigenvalue weighted by molar-refractivity contribution is -0.133. The maximum Gasteiger partial charge on any atom is 0.235 e. The van der Waals surface area contributed by atoms with E-state index in [1.807, 2.05) is 0 Å². The number of likely N-dealkylation sites (tertiary alicyclic amines) is 1. The number of imide groups is 1. The van der Waals surface area contributed by atoms with Crippen LogP contribution < -0.4 is 0 Å². The van der Waals surface area contributed by atoms with Crippen molar-refractivity contribution in [3.8, 4) is 0 Å². The zero-order valence-electron chi connectivity index (χ0n) is 6.99. The molecule has 0 saturated carbocycles. The average molecular weight is 215 g/mol. The van der Waals surface area contributed by atoms with Crippen LogP contribution in [-0.2, 0) is 9.59 Å². The molecule has 1 aliphatic rings. The molecule has 1 fully saturated rings. The van der Waals surface area contributed by atoms with Gasteiger partial charge in [-0.3, -0.25) is 9.59 Å². The van der Waals surface area contributed by atoms with Crippen molar-refractivity contribution in [2.45, 2.75) is 12.8 Å². The summed E-state index contributed by atoms with van der Waals surface area (Å²) in [6.07, 6.45) is 2.25. The Morgan fingerprint density at radius 3 is 2.54 bits per heavy atom. The van der Waals surface area contributed by atoms with Crippen molar-refractivity contribution in [1.82, 2.24) is 4.90 Å². The predicted octanol–water partition coefficient (Wildman–Crippen LogP) is 1.34. The molecule has 0 N–H and O–H groups in total. The molecule has 13 heavy (non-hydrogen) atoms. The van der Waals surface area contributed by atoms with Gasteiger partial charge in [-0.15, -0.1) is 6.58 Å². The number of carbonyl (C=O) groups excluding carboxylic acids is 2. The van der Waals surface area contributed by atoms with E-state index in [0.29, 0.717) is 10.1 Å². The van der Waals surface area contributed by atoms with Gasteiger partial charge in [0.25, 0.3) is 0 Å². The normalized spacial score (nSPS) is 16.5. The van der Waals surface area contributed by atoms with Crippen molar-refractivity contribution in [1.29, 1.82) is 0 Å². The summed E-state index contributed by atoms with van der Waals surface area (Å²) >= 11 is 6.21. The Balaban J connectivity index is 2.59. The minimum absolute atomic E-state index is 0.188. The molecule has 0 spiro atoms. The van der Waals surface area contributed by atoms with Gasteiger partial charge < -0.3 is 0 Å². The predicted molar refractivity (Wildman–Crippen MR) is 56.3 cm³/mol. The van der Waals surface area contributed by atoms with Crippen LogP contribution in [0.2, 0.25) is 0 Å². The summed E-state index contributed by atoms with van der Waals surface area (Å²) in [5.74, 6) is 0.244. The van der Waals surface area contributed by atoms with Crippen molar-refractivity contribution < 1.29 is 9.59 Å². The molecular weight excluding hydrogens is 206 g/mol. The Labute approximate surface area is 86.2 Å². The quantitative estimate of drug-likeness (QED) is 0.396. The number of thioether (sulfide) groups is 1. The Kier molecular flexibility index (Phi) is 3.62. The third-order valence-electron chi connectivity index (χ3n) is 1.56. The fourth-order valence-electron chi connectivity index (χ4n) is 0.975. The topological polar surface area (TPSA) is 37.4 Å². The molecule has 0 aromatic heterocycles. The molecule has 0 aromatic rings. The molecule has 1 saturated heterocycles. The first-order valence-corrected chi connectivity index (χ1v) is 5.19. The number of rotatable bonds is 2. The van der Waals surface area contributed by atoms with Gasteiger partial charge in [-0.05, 0) is 0 Å². The Hall–Kier alpha value is -0.680. The van der Waals surface area contributed by atoms with Gasteiger partial charge in [0.05, 0.1) is 0 Å². The number of hydrogen-bond acceptors (Lipinski definition) is 4. The van der Waals surface area contributed by atoms with E-state index in [0.717, 1.165) is 4.90 Å². The lowest BCUT2D eigenvalue weighted by Crippen LogP contribution is -2.32. The van der Waals surface area contributed by atoms with Gasteiger partial charge >= 0.3 is 0 Å². The minimum atomic E-state index is -0.188. The van der Waals surface area contributed by atoms with E-state index in [1.165, 1.54) is 11.8 Å². The second-order valence-electron chi connectivity index (χ2n) is 2.49. The largest absolute Gasteiger partial charge is 0.274 e. The summed E-state index contributed by atoms with van der Waals surface area (Å²) in [4.78, 5) is 23.4. The van der Waals surface area contributed by atoms with Crippen LogP contribution in [0, 0.1) is 0 Å². The highest BCUT2D eigenvalue weighted by molar-refractivity contribution is 8.23. The van der Waals surface area contributed by atoms with Crippen molar-refractivity contribution in [2.75, 3.05) is 5.75 Å². The maximum atomic E-state index is 11.2. The molecule has 0 aliphatic carbocycles. The summed E-state index contributed by atoms with van der Waals surface area (Å²) in [7, 11) is 0. The molecule has 5 heteroatoms. The molecule has 2 amide bonds. The lowest BCUT2D eigenvalue weighted by Gasteiger charge is -2.12. The molecule has 1 aliphatic heterocycles. The first kappa shape index (κ1) is 10.4. The second-order valence-corrected chi connectivity index (χ2v) is 4.14. The molecule has 0 aromatic carbocycles. The van der Waals surface area contributed by atoms with E-state index in [9.17, 15) is 9.59 Å². The van der Waals surface area contributed by atoms with Gasteiger partial charge in [-0.25, -0.2) is 4.90 Å². The number of thiocarbonyl (C=S) groups is 1. The summed E-state index contributed by atoms with van der Waals surface area (Å²) in [5, 5.41) is 0. The molecule has 3 nitrogen and oxygen atoms in total. The van der Waals surface area contributed by atoms with Crippen molar-refractivity contribution >= 4 is 40.1 Å². The smallest absolute Gasteiger partial charge is 0.235 e. The van der Waals surface area contributed by atoms with E-state index >= 15 is 0 Å². The molecular formula is C8H9NO2S2. The highest BCUT2D eigenvalue weighted by Crippen LogP contribution is 2.18. The number of nitrogens with zero attached hydrogens (tertiary/aromatic N) is 1. The molecule has 0 bridgehead atoms. The number of carbonyl (C=O) groups is 2. The monoisotopic (exact) mass is 215 g/mol. The number of amides is 2. The Morgan fingerprint density at radius 1 is 1.54 bits per heavy atom. The van der Waals surface area contributed by atoms with Crippen LogP contribution in [0.15, 0.2) is 12.7 Å². The van der Waals surface area contributed by atoms with Crippen LogP contribution in [-0.4, -0.2) is 26.8 Å². The highest BCUT2D eigenvalue weighted by Gasteiger charge is 2.31. The fourth-order valence-corrected chi connectivity index (χ4v) is 1.98. The molecule has 70 valence electrons. The van der Waals surface area contributed by atoms with Gasteiger partial charge in [-0.2, -0.15) is 0 Å². The Morgan fingerprint density at radius 2 is 2.08 bits per heavy atom. The zero-order valence-corrected chi connectivity index (χ0v) is 8.62. The van der Waals surface area contributed by atoms with E-state index in [-0.39, 0.29) is 24.7 Å². The van der Waals surface area contributed by atoms with Gasteiger partial charge in [-0.1, -0.05) is 30.1 Å². The third-order valence-corrected chi connectivity index (χ3v) is 2.93. The summed E-state index contributed by atoms with van der Waals surface area (Å²) in [5.41, 5.74) is 0. The van der Waals surface area contributed by atoms with Gasteiger partial charge in [0, 0.05) is 18.6 Å². The molecule has 1 heterocycles. The summed E-state index contributed by atoms with van der Waals surface area (Å²) in [6.45, 7) is 3.53. The van der Waals surface area contributed by atoms with Crippen LogP contribution in [0.3, 0.4) is 0 Å². The minimum Gasteiger partial charge on any atom is -0.274 e. The first-order chi connectivity index (χ1) is 6.16. The molecule has 1 rings (SSSR count).